The molecule has 7 nitrogen and oxygen atoms in total. The van der Waals surface area contributed by atoms with Crippen LogP contribution in [0.5, 0.6) is 11.5 Å². The first-order chi connectivity index (χ1) is 25.3. The molecule has 0 saturated carbocycles. The molecule has 4 aromatic heterocycles. The minimum atomic E-state index is 0. The molecular formula is C44H25N4O3Pt-3. The maximum Gasteiger partial charge on any atom is 0.139 e. The standard InChI is InChI=1S/C44H25N4O3.Pt/c1-2-10-28(11-3-1)46-22-23-47(27-46)29-24-35-33-19-20-39-42(34-13-5-7-15-38(34)50-39)44(33)51-43(35)40(25-29)49-30-17-18-32-31-12-4-6-14-36(31)48(37(32)26-30)41-16-8-9-21-45-41;/h1-24,27H;/q-3;. The first-order valence-corrected chi connectivity index (χ1v) is 16.7. The molecule has 0 fully saturated rings. The van der Waals surface area contributed by atoms with E-state index in [0.717, 1.165) is 77.3 Å². The van der Waals surface area contributed by atoms with Crippen LogP contribution in [-0.4, -0.2) is 9.55 Å². The summed E-state index contributed by atoms with van der Waals surface area (Å²) in [6.45, 7) is 2.03. The van der Waals surface area contributed by atoms with Crippen molar-refractivity contribution in [1.29, 1.82) is 0 Å². The molecule has 52 heavy (non-hydrogen) atoms. The van der Waals surface area contributed by atoms with Crippen molar-refractivity contribution in [1.82, 2.24) is 9.55 Å². The Morgan fingerprint density at radius 2 is 1.40 bits per heavy atom. The summed E-state index contributed by atoms with van der Waals surface area (Å²) in [4.78, 5) is 8.79. The molecule has 1 aliphatic rings. The van der Waals surface area contributed by atoms with Gasteiger partial charge in [-0.05, 0) is 66.3 Å². The number of ether oxygens (including phenoxy) is 1. The van der Waals surface area contributed by atoms with Gasteiger partial charge in [0.05, 0.1) is 16.7 Å². The van der Waals surface area contributed by atoms with E-state index >= 15 is 0 Å². The van der Waals surface area contributed by atoms with Gasteiger partial charge in [-0.3, -0.25) is 0 Å². The zero-order valence-corrected chi connectivity index (χ0v) is 29.5. The molecule has 0 saturated heterocycles. The number of para-hydroxylation sites is 3. The van der Waals surface area contributed by atoms with Crippen LogP contribution in [0, 0.1) is 18.8 Å². The fourth-order valence-electron chi connectivity index (χ4n) is 7.27. The van der Waals surface area contributed by atoms with Crippen LogP contribution >= 0.6 is 0 Å². The first-order valence-electron chi connectivity index (χ1n) is 16.7. The van der Waals surface area contributed by atoms with E-state index in [9.17, 15) is 0 Å². The molecular weight excluding hydrogens is 828 g/mol. The van der Waals surface area contributed by atoms with Crippen LogP contribution in [0.25, 0.3) is 71.5 Å². The summed E-state index contributed by atoms with van der Waals surface area (Å²) in [5.74, 6) is 1.79. The summed E-state index contributed by atoms with van der Waals surface area (Å²) in [5.41, 5.74) is 6.68. The van der Waals surface area contributed by atoms with Gasteiger partial charge in [-0.15, -0.1) is 42.0 Å². The second kappa shape index (κ2) is 11.9. The molecule has 0 radical (unpaired) electrons. The monoisotopic (exact) mass is 852 g/mol. The molecule has 11 rings (SSSR count). The number of benzene rings is 6. The Hall–Kier alpha value is -6.30. The van der Waals surface area contributed by atoms with Crippen molar-refractivity contribution >= 4 is 77.1 Å². The van der Waals surface area contributed by atoms with Crippen LogP contribution in [0.3, 0.4) is 0 Å². The van der Waals surface area contributed by atoms with Crippen molar-refractivity contribution < 1.29 is 34.6 Å². The Labute approximate surface area is 311 Å². The molecule has 0 amide bonds. The molecule has 0 atom stereocenters. The number of pyridine rings is 1. The van der Waals surface area contributed by atoms with Crippen LogP contribution in [0.15, 0.2) is 155 Å². The van der Waals surface area contributed by atoms with Crippen molar-refractivity contribution in [3.8, 4) is 17.3 Å². The number of aromatic nitrogens is 2. The van der Waals surface area contributed by atoms with Crippen molar-refractivity contribution in [2.45, 2.75) is 0 Å². The quantitative estimate of drug-likeness (QED) is 0.161. The van der Waals surface area contributed by atoms with Gasteiger partial charge >= 0.3 is 0 Å². The molecule has 10 aromatic rings. The topological polar surface area (TPSA) is 59.8 Å². The molecule has 0 N–H and O–H groups in total. The number of fused-ring (bicyclic) bond motifs is 10. The van der Waals surface area contributed by atoms with Crippen LogP contribution in [-0.2, 0) is 21.1 Å². The average molecular weight is 853 g/mol. The van der Waals surface area contributed by atoms with Gasteiger partial charge in [0.2, 0.25) is 0 Å². The Bertz CT molecular complexity index is 3000. The molecule has 0 unspecified atom stereocenters. The van der Waals surface area contributed by atoms with E-state index in [1.54, 1.807) is 6.20 Å². The fraction of sp³-hybridized carbons (Fsp3) is 0. The SMILES string of the molecule is [Pt].[c-]1c(N2C=CN(c3ccccc3)[CH-]2)cc2c(oc3c2ccc2oc4ccccc4c23)c1Oc1[c-]c2c(cc1)c1ccccc1n2-c1ccccn1. The van der Waals surface area contributed by atoms with Gasteiger partial charge in [0.1, 0.15) is 22.6 Å². The van der Waals surface area contributed by atoms with Crippen LogP contribution in [0.4, 0.5) is 11.4 Å². The van der Waals surface area contributed by atoms with Gasteiger partial charge in [0.25, 0.3) is 0 Å². The van der Waals surface area contributed by atoms with Gasteiger partial charge < -0.3 is 27.9 Å². The zero-order chi connectivity index (χ0) is 33.5. The van der Waals surface area contributed by atoms with Crippen LogP contribution < -0.4 is 14.5 Å². The first kappa shape index (κ1) is 30.5. The smallest absolute Gasteiger partial charge is 0.139 e. The fourth-order valence-corrected chi connectivity index (χ4v) is 7.27. The predicted octanol–water partition coefficient (Wildman–Crippen LogP) is 11.3. The summed E-state index contributed by atoms with van der Waals surface area (Å²) in [7, 11) is 0. The van der Waals surface area contributed by atoms with E-state index < -0.39 is 0 Å². The van der Waals surface area contributed by atoms with Gasteiger partial charge in [-0.25, -0.2) is 4.98 Å². The summed E-state index contributed by atoms with van der Waals surface area (Å²) < 4.78 is 21.9. The molecule has 1 aliphatic heterocycles. The third kappa shape index (κ3) is 4.66. The Kier molecular flexibility index (Phi) is 6.98. The molecule has 8 heteroatoms. The normalized spacial score (nSPS) is 13.0. The summed E-state index contributed by atoms with van der Waals surface area (Å²) >= 11 is 0. The number of hydrogen-bond donors (Lipinski definition) is 0. The number of furan rings is 2. The minimum Gasteiger partial charge on any atom is -0.511 e. The van der Waals surface area contributed by atoms with Crippen molar-refractivity contribution in [3.63, 3.8) is 0 Å². The van der Waals surface area contributed by atoms with Crippen molar-refractivity contribution in [3.05, 3.63) is 165 Å². The zero-order valence-electron chi connectivity index (χ0n) is 27.3. The molecule has 0 spiro atoms. The minimum absolute atomic E-state index is 0. The molecule has 0 bridgehead atoms. The Morgan fingerprint density at radius 1 is 0.615 bits per heavy atom. The van der Waals surface area contributed by atoms with E-state index in [2.05, 4.69) is 81.2 Å². The summed E-state index contributed by atoms with van der Waals surface area (Å²) in [5, 5.41) is 5.97. The second-order valence-corrected chi connectivity index (χ2v) is 12.5. The summed E-state index contributed by atoms with van der Waals surface area (Å²) in [6.07, 6.45) is 5.85. The van der Waals surface area contributed by atoms with E-state index in [1.807, 2.05) is 96.8 Å². The second-order valence-electron chi connectivity index (χ2n) is 12.5. The van der Waals surface area contributed by atoms with E-state index in [1.165, 1.54) is 0 Å². The molecule has 6 aromatic carbocycles. The average Bonchev–Trinajstić information content (AvgIpc) is 3.97. The molecule has 0 aliphatic carbocycles. The number of rotatable bonds is 5. The van der Waals surface area contributed by atoms with Crippen molar-refractivity contribution in [2.75, 3.05) is 9.80 Å². The Balaban J connectivity index is 0.00000338. The van der Waals surface area contributed by atoms with Gasteiger partial charge in [-0.1, -0.05) is 71.6 Å². The maximum atomic E-state index is 6.77. The third-order valence-electron chi connectivity index (χ3n) is 9.58. The maximum absolute atomic E-state index is 6.77. The van der Waals surface area contributed by atoms with E-state index in [4.69, 9.17) is 13.6 Å². The van der Waals surface area contributed by atoms with Gasteiger partial charge in [0.15, 0.2) is 0 Å². The van der Waals surface area contributed by atoms with E-state index in [0.29, 0.717) is 17.1 Å². The third-order valence-corrected chi connectivity index (χ3v) is 9.58. The number of nitrogens with zero attached hydrogens (tertiary/aromatic N) is 4. The number of anilines is 2. The predicted molar refractivity (Wildman–Crippen MR) is 202 cm³/mol. The largest absolute Gasteiger partial charge is 0.511 e. The molecule has 5 heterocycles. The number of hydrogen-bond acceptors (Lipinski definition) is 6. The van der Waals surface area contributed by atoms with Crippen molar-refractivity contribution in [2.24, 2.45) is 0 Å². The van der Waals surface area contributed by atoms with Gasteiger partial charge in [0, 0.05) is 55.0 Å². The van der Waals surface area contributed by atoms with Gasteiger partial charge in [-0.2, -0.15) is 6.07 Å². The summed E-state index contributed by atoms with van der Waals surface area (Å²) in [6, 6.07) is 49.8. The van der Waals surface area contributed by atoms with E-state index in [-0.39, 0.29) is 21.1 Å². The molecule has 252 valence electrons. The van der Waals surface area contributed by atoms with Crippen LogP contribution in [0.2, 0.25) is 0 Å². The van der Waals surface area contributed by atoms with Crippen LogP contribution in [0.1, 0.15) is 0 Å². The Morgan fingerprint density at radius 3 is 2.29 bits per heavy atom.